The Balaban J connectivity index is 1.79. The lowest BCUT2D eigenvalue weighted by Gasteiger charge is -2.14. The molecule has 4 heteroatoms. The fraction of sp³-hybridized carbons (Fsp3) is 0.400. The number of nitrogens with one attached hydrogen (secondary N) is 1. The number of nitrogen functional groups attached to an aromatic ring is 1. The van der Waals surface area contributed by atoms with Crippen LogP contribution < -0.4 is 11.1 Å². The molecule has 0 saturated heterocycles. The molecule has 1 aromatic heterocycles. The molecule has 0 amide bonds. The number of benzene rings is 1. The molecule has 0 spiro atoms. The van der Waals surface area contributed by atoms with E-state index in [1.165, 1.54) is 11.1 Å². The normalized spacial score (nSPS) is 14.6. The molecule has 2 aromatic rings. The Kier molecular flexibility index (Phi) is 2.93. The van der Waals surface area contributed by atoms with Crippen LogP contribution in [0.4, 0.5) is 11.5 Å². The zero-order valence-corrected chi connectivity index (χ0v) is 11.5. The van der Waals surface area contributed by atoms with Crippen LogP contribution in [0.5, 0.6) is 0 Å². The molecular weight excluding hydrogens is 236 g/mol. The van der Waals surface area contributed by atoms with E-state index >= 15 is 0 Å². The van der Waals surface area contributed by atoms with Crippen LogP contribution >= 0.6 is 0 Å². The summed E-state index contributed by atoms with van der Waals surface area (Å²) in [4.78, 5) is 0. The van der Waals surface area contributed by atoms with Gasteiger partial charge in [0.15, 0.2) is 0 Å². The Morgan fingerprint density at radius 2 is 1.95 bits per heavy atom. The van der Waals surface area contributed by atoms with Crippen LogP contribution in [-0.2, 0) is 26.3 Å². The van der Waals surface area contributed by atoms with E-state index in [0.29, 0.717) is 6.04 Å². The van der Waals surface area contributed by atoms with E-state index in [0.717, 1.165) is 36.5 Å². The number of nitrogens with zero attached hydrogens (tertiary/aromatic N) is 2. The number of hydrogen-bond donors (Lipinski definition) is 2. The summed E-state index contributed by atoms with van der Waals surface area (Å²) in [5.41, 5.74) is 10.8. The number of hydrogen-bond acceptors (Lipinski definition) is 3. The molecule has 3 N–H and O–H groups in total. The highest BCUT2D eigenvalue weighted by Crippen LogP contribution is 2.28. The minimum atomic E-state index is 0.416. The van der Waals surface area contributed by atoms with Crippen LogP contribution in [0, 0.1) is 0 Å². The first kappa shape index (κ1) is 12.1. The smallest absolute Gasteiger partial charge is 0.148 e. The summed E-state index contributed by atoms with van der Waals surface area (Å²) in [6, 6.07) is 9.05. The van der Waals surface area contributed by atoms with Crippen molar-refractivity contribution in [2.45, 2.75) is 32.2 Å². The average Bonchev–Trinajstić information content (AvgIpc) is 2.94. The molecule has 100 valence electrons. The Bertz CT molecular complexity index is 575. The monoisotopic (exact) mass is 256 g/mol. The third kappa shape index (κ3) is 2.07. The van der Waals surface area contributed by atoms with Gasteiger partial charge in [-0.3, -0.25) is 4.68 Å². The van der Waals surface area contributed by atoms with Gasteiger partial charge in [0.2, 0.25) is 0 Å². The largest absolute Gasteiger partial charge is 0.394 e. The fourth-order valence-electron chi connectivity index (χ4n) is 2.88. The van der Waals surface area contributed by atoms with Crippen molar-refractivity contribution in [2.75, 3.05) is 11.1 Å². The summed E-state index contributed by atoms with van der Waals surface area (Å²) in [6.07, 6.45) is 2.98. The van der Waals surface area contributed by atoms with E-state index in [2.05, 4.69) is 41.6 Å². The topological polar surface area (TPSA) is 55.9 Å². The maximum Gasteiger partial charge on any atom is 0.148 e. The predicted octanol–water partition coefficient (Wildman–Crippen LogP) is 2.14. The van der Waals surface area contributed by atoms with Gasteiger partial charge in [-0.05, 0) is 30.4 Å². The molecule has 1 aliphatic carbocycles. The predicted molar refractivity (Wildman–Crippen MR) is 78.3 cm³/mol. The maximum atomic E-state index is 6.15. The minimum absolute atomic E-state index is 0.416. The van der Waals surface area contributed by atoms with Gasteiger partial charge in [0.05, 0.1) is 11.4 Å². The van der Waals surface area contributed by atoms with Gasteiger partial charge in [0.1, 0.15) is 5.82 Å². The first-order chi connectivity index (χ1) is 9.19. The van der Waals surface area contributed by atoms with Crippen LogP contribution in [0.3, 0.4) is 0 Å². The third-order valence-corrected chi connectivity index (χ3v) is 3.89. The van der Waals surface area contributed by atoms with Crippen molar-refractivity contribution in [3.63, 3.8) is 0 Å². The lowest BCUT2D eigenvalue weighted by molar-refractivity contribution is 0.713. The van der Waals surface area contributed by atoms with Crippen molar-refractivity contribution >= 4 is 11.5 Å². The molecule has 0 fully saturated rings. The zero-order chi connectivity index (χ0) is 13.4. The van der Waals surface area contributed by atoms with Gasteiger partial charge in [-0.1, -0.05) is 31.2 Å². The van der Waals surface area contributed by atoms with Crippen molar-refractivity contribution in [2.24, 2.45) is 7.05 Å². The molecule has 0 saturated carbocycles. The van der Waals surface area contributed by atoms with Crippen molar-refractivity contribution < 1.29 is 0 Å². The molecule has 0 atom stereocenters. The number of rotatable bonds is 3. The highest BCUT2D eigenvalue weighted by Gasteiger charge is 2.23. The Morgan fingerprint density at radius 3 is 2.47 bits per heavy atom. The summed E-state index contributed by atoms with van der Waals surface area (Å²) in [5, 5.41) is 8.00. The summed E-state index contributed by atoms with van der Waals surface area (Å²) in [7, 11) is 1.94. The Hall–Kier alpha value is -1.97. The van der Waals surface area contributed by atoms with E-state index in [4.69, 9.17) is 5.73 Å². The highest BCUT2D eigenvalue weighted by atomic mass is 15.3. The summed E-state index contributed by atoms with van der Waals surface area (Å²) in [6.45, 7) is 2.08. The number of anilines is 2. The zero-order valence-electron chi connectivity index (χ0n) is 11.5. The minimum Gasteiger partial charge on any atom is -0.394 e. The Morgan fingerprint density at radius 1 is 1.32 bits per heavy atom. The Labute approximate surface area is 113 Å². The molecule has 0 aliphatic heterocycles. The summed E-state index contributed by atoms with van der Waals surface area (Å²) < 4.78 is 1.86. The van der Waals surface area contributed by atoms with E-state index in [-0.39, 0.29) is 0 Å². The first-order valence-electron chi connectivity index (χ1n) is 6.83. The van der Waals surface area contributed by atoms with Crippen molar-refractivity contribution in [1.82, 2.24) is 9.78 Å². The molecule has 3 rings (SSSR count). The lowest BCUT2D eigenvalue weighted by atomic mass is 10.1. The van der Waals surface area contributed by atoms with Gasteiger partial charge in [0, 0.05) is 13.1 Å². The summed E-state index contributed by atoms with van der Waals surface area (Å²) >= 11 is 0. The van der Waals surface area contributed by atoms with Gasteiger partial charge in [-0.2, -0.15) is 5.10 Å². The quantitative estimate of drug-likeness (QED) is 0.884. The molecular formula is C15H20N4. The van der Waals surface area contributed by atoms with Gasteiger partial charge >= 0.3 is 0 Å². The van der Waals surface area contributed by atoms with Crippen LogP contribution in [0.25, 0.3) is 0 Å². The fourth-order valence-corrected chi connectivity index (χ4v) is 2.88. The molecule has 0 bridgehead atoms. The molecule has 4 nitrogen and oxygen atoms in total. The van der Waals surface area contributed by atoms with Crippen molar-refractivity contribution in [3.8, 4) is 0 Å². The van der Waals surface area contributed by atoms with Gasteiger partial charge < -0.3 is 11.1 Å². The second-order valence-corrected chi connectivity index (χ2v) is 5.20. The molecule has 1 aromatic carbocycles. The molecule has 1 aliphatic rings. The van der Waals surface area contributed by atoms with Crippen LogP contribution in [-0.4, -0.2) is 15.8 Å². The molecule has 1 heterocycles. The summed E-state index contributed by atoms with van der Waals surface area (Å²) in [5.74, 6) is 0.953. The van der Waals surface area contributed by atoms with Crippen molar-refractivity contribution in [1.29, 1.82) is 0 Å². The second kappa shape index (κ2) is 4.61. The number of aromatic nitrogens is 2. The van der Waals surface area contributed by atoms with E-state index in [9.17, 15) is 0 Å². The number of nitrogens with two attached hydrogens (primary N) is 1. The standard InChI is InChI=1S/C15H20N4/c1-3-13-14(16)15(19(2)18-13)17-12-8-10-6-4-5-7-11(10)9-12/h4-7,12,17H,3,8-9,16H2,1-2H3. The van der Waals surface area contributed by atoms with Crippen LogP contribution in [0.15, 0.2) is 24.3 Å². The first-order valence-corrected chi connectivity index (χ1v) is 6.83. The lowest BCUT2D eigenvalue weighted by Crippen LogP contribution is -2.21. The maximum absolute atomic E-state index is 6.15. The molecule has 19 heavy (non-hydrogen) atoms. The van der Waals surface area contributed by atoms with E-state index in [1.54, 1.807) is 0 Å². The second-order valence-electron chi connectivity index (χ2n) is 5.20. The van der Waals surface area contributed by atoms with E-state index < -0.39 is 0 Å². The molecule has 0 unspecified atom stereocenters. The SMILES string of the molecule is CCc1nn(C)c(NC2Cc3ccccc3C2)c1N. The number of fused-ring (bicyclic) bond motifs is 1. The van der Waals surface area contributed by atoms with Gasteiger partial charge in [-0.15, -0.1) is 0 Å². The highest BCUT2D eigenvalue weighted by molar-refractivity contribution is 5.65. The third-order valence-electron chi connectivity index (χ3n) is 3.89. The van der Waals surface area contributed by atoms with Crippen LogP contribution in [0.2, 0.25) is 0 Å². The average molecular weight is 256 g/mol. The molecule has 0 radical (unpaired) electrons. The van der Waals surface area contributed by atoms with Crippen LogP contribution in [0.1, 0.15) is 23.7 Å². The van der Waals surface area contributed by atoms with E-state index in [1.807, 2.05) is 11.7 Å². The number of aryl methyl sites for hydroxylation is 2. The van der Waals surface area contributed by atoms with Crippen molar-refractivity contribution in [3.05, 3.63) is 41.1 Å². The van der Waals surface area contributed by atoms with Gasteiger partial charge in [0.25, 0.3) is 0 Å². The van der Waals surface area contributed by atoms with Gasteiger partial charge in [-0.25, -0.2) is 0 Å².